The quantitative estimate of drug-likeness (QED) is 0.618. The number of hydrogen-bond donors (Lipinski definition) is 3. The molecule has 0 radical (unpaired) electrons. The Morgan fingerprint density at radius 1 is 1.38 bits per heavy atom. The van der Waals surface area contributed by atoms with Crippen LogP contribution in [0.1, 0.15) is 12.8 Å². The number of nitrogens with zero attached hydrogens (tertiary/aromatic N) is 1. The molecule has 0 amide bonds. The Morgan fingerprint density at radius 3 is 2.69 bits per heavy atom. The maximum absolute atomic E-state index is 6.11. The molecule has 1 heterocycles. The lowest BCUT2D eigenvalue weighted by Crippen LogP contribution is -2.63. The zero-order chi connectivity index (χ0) is 11.5. The highest BCUT2D eigenvalue weighted by atomic mass is 15.2. The monoisotopic (exact) mass is 221 g/mol. The molecule has 2 rings (SSSR count). The number of rotatable bonds is 3. The molecular formula is C12H21N4+. The van der Waals surface area contributed by atoms with Crippen molar-refractivity contribution in [2.75, 3.05) is 23.7 Å². The second-order valence-electron chi connectivity index (χ2n) is 4.45. The summed E-state index contributed by atoms with van der Waals surface area (Å²) in [6, 6.07) is 8.63. The molecule has 88 valence electrons. The number of hydrogen-bond acceptors (Lipinski definition) is 3. The summed E-state index contributed by atoms with van der Waals surface area (Å²) in [6.45, 7) is 1.87. The number of nitrogens with two attached hydrogens (primary N) is 2. The third-order valence-electron chi connectivity index (χ3n) is 3.35. The molecule has 4 heteroatoms. The molecule has 2 atom stereocenters. The average Bonchev–Trinajstić information content (AvgIpc) is 2.78. The fourth-order valence-electron chi connectivity index (χ4n) is 2.42. The maximum atomic E-state index is 6.11. The summed E-state index contributed by atoms with van der Waals surface area (Å²) < 4.78 is 0. The minimum absolute atomic E-state index is 0.167. The Labute approximate surface area is 96.4 Å². The van der Waals surface area contributed by atoms with E-state index in [1.165, 1.54) is 18.5 Å². The van der Waals surface area contributed by atoms with Gasteiger partial charge in [-0.05, 0) is 37.1 Å². The van der Waals surface area contributed by atoms with Gasteiger partial charge in [0.25, 0.3) is 0 Å². The molecule has 0 bridgehead atoms. The van der Waals surface area contributed by atoms with Gasteiger partial charge in [0.05, 0.1) is 12.6 Å². The van der Waals surface area contributed by atoms with Gasteiger partial charge >= 0.3 is 0 Å². The Kier molecular flexibility index (Phi) is 3.31. The van der Waals surface area contributed by atoms with Crippen molar-refractivity contribution in [1.82, 2.24) is 0 Å². The van der Waals surface area contributed by atoms with Gasteiger partial charge in [0.15, 0.2) is 0 Å². The SMILES string of the molecule is Nc1ccc(N2CCCC2C(N)C[NH3+])cc1. The molecule has 1 aromatic carbocycles. The summed E-state index contributed by atoms with van der Waals surface area (Å²) >= 11 is 0. The average molecular weight is 221 g/mol. The van der Waals surface area contributed by atoms with E-state index in [4.69, 9.17) is 11.5 Å². The topological polar surface area (TPSA) is 82.9 Å². The van der Waals surface area contributed by atoms with Crippen LogP contribution in [-0.2, 0) is 0 Å². The molecule has 2 unspecified atom stereocenters. The van der Waals surface area contributed by atoms with Crippen molar-refractivity contribution in [2.45, 2.75) is 24.9 Å². The van der Waals surface area contributed by atoms with E-state index in [-0.39, 0.29) is 6.04 Å². The third-order valence-corrected chi connectivity index (χ3v) is 3.35. The number of quaternary nitrogens is 1. The van der Waals surface area contributed by atoms with E-state index in [9.17, 15) is 0 Å². The second kappa shape index (κ2) is 4.72. The number of nitrogen functional groups attached to an aromatic ring is 1. The first-order valence-corrected chi connectivity index (χ1v) is 5.89. The van der Waals surface area contributed by atoms with Crippen LogP contribution in [0.25, 0.3) is 0 Å². The van der Waals surface area contributed by atoms with Crippen molar-refractivity contribution in [2.24, 2.45) is 5.73 Å². The third kappa shape index (κ3) is 2.13. The predicted octanol–water partition coefficient (Wildman–Crippen LogP) is -0.193. The molecule has 1 aromatic rings. The molecule has 7 N–H and O–H groups in total. The van der Waals surface area contributed by atoms with Gasteiger partial charge in [0.1, 0.15) is 0 Å². The van der Waals surface area contributed by atoms with Gasteiger partial charge in [-0.25, -0.2) is 0 Å². The van der Waals surface area contributed by atoms with Crippen LogP contribution in [0.15, 0.2) is 24.3 Å². The first kappa shape index (κ1) is 11.2. The maximum Gasteiger partial charge on any atom is 0.0914 e. The van der Waals surface area contributed by atoms with Crippen LogP contribution in [-0.4, -0.2) is 25.2 Å². The zero-order valence-corrected chi connectivity index (χ0v) is 9.60. The normalized spacial score (nSPS) is 22.4. The molecule has 4 nitrogen and oxygen atoms in total. The van der Waals surface area contributed by atoms with Gasteiger partial charge < -0.3 is 22.1 Å². The van der Waals surface area contributed by atoms with E-state index in [1.54, 1.807) is 0 Å². The fourth-order valence-corrected chi connectivity index (χ4v) is 2.42. The summed E-state index contributed by atoms with van der Waals surface area (Å²) in [6.07, 6.45) is 2.38. The number of anilines is 2. The Hall–Kier alpha value is -1.26. The molecular weight excluding hydrogens is 200 g/mol. The van der Waals surface area contributed by atoms with Crippen LogP contribution in [0.2, 0.25) is 0 Å². The highest BCUT2D eigenvalue weighted by molar-refractivity contribution is 5.54. The van der Waals surface area contributed by atoms with E-state index in [2.05, 4.69) is 22.8 Å². The van der Waals surface area contributed by atoms with Gasteiger partial charge in [0.2, 0.25) is 0 Å². The highest BCUT2D eigenvalue weighted by Crippen LogP contribution is 2.27. The van der Waals surface area contributed by atoms with Gasteiger partial charge in [-0.2, -0.15) is 0 Å². The highest BCUT2D eigenvalue weighted by Gasteiger charge is 2.29. The summed E-state index contributed by atoms with van der Waals surface area (Å²) in [7, 11) is 0. The molecule has 1 aliphatic rings. The van der Waals surface area contributed by atoms with Crippen LogP contribution < -0.4 is 22.1 Å². The van der Waals surface area contributed by atoms with Crippen molar-refractivity contribution in [3.8, 4) is 0 Å². The van der Waals surface area contributed by atoms with Crippen molar-refractivity contribution in [1.29, 1.82) is 0 Å². The minimum Gasteiger partial charge on any atom is -0.399 e. The lowest BCUT2D eigenvalue weighted by Gasteiger charge is -2.29. The van der Waals surface area contributed by atoms with E-state index >= 15 is 0 Å². The Balaban J connectivity index is 2.16. The summed E-state index contributed by atoms with van der Waals surface area (Å²) in [5.41, 5.74) is 17.7. The lowest BCUT2D eigenvalue weighted by atomic mass is 10.1. The zero-order valence-electron chi connectivity index (χ0n) is 9.60. The van der Waals surface area contributed by atoms with Gasteiger partial charge in [-0.1, -0.05) is 0 Å². The summed E-state index contributed by atoms with van der Waals surface area (Å²) in [4.78, 5) is 2.38. The number of benzene rings is 1. The second-order valence-corrected chi connectivity index (χ2v) is 4.45. The van der Waals surface area contributed by atoms with Crippen molar-refractivity contribution < 1.29 is 5.73 Å². The molecule has 0 aromatic heterocycles. The first-order chi connectivity index (χ1) is 7.72. The molecule has 0 spiro atoms. The van der Waals surface area contributed by atoms with Gasteiger partial charge in [-0.15, -0.1) is 0 Å². The molecule has 0 aliphatic carbocycles. The van der Waals surface area contributed by atoms with Crippen molar-refractivity contribution >= 4 is 11.4 Å². The van der Waals surface area contributed by atoms with Crippen LogP contribution in [0.5, 0.6) is 0 Å². The molecule has 1 aliphatic heterocycles. The van der Waals surface area contributed by atoms with Gasteiger partial charge in [-0.3, -0.25) is 0 Å². The van der Waals surface area contributed by atoms with Crippen LogP contribution in [0.4, 0.5) is 11.4 Å². The van der Waals surface area contributed by atoms with Crippen molar-refractivity contribution in [3.63, 3.8) is 0 Å². The van der Waals surface area contributed by atoms with E-state index < -0.39 is 0 Å². The van der Waals surface area contributed by atoms with Crippen LogP contribution in [0, 0.1) is 0 Å². The van der Waals surface area contributed by atoms with E-state index in [0.717, 1.165) is 18.8 Å². The van der Waals surface area contributed by atoms with Gasteiger partial charge in [0, 0.05) is 24.0 Å². The first-order valence-electron chi connectivity index (χ1n) is 5.89. The van der Waals surface area contributed by atoms with Crippen LogP contribution in [0.3, 0.4) is 0 Å². The van der Waals surface area contributed by atoms with E-state index in [1.807, 2.05) is 12.1 Å². The fraction of sp³-hybridized carbons (Fsp3) is 0.500. The molecule has 16 heavy (non-hydrogen) atoms. The van der Waals surface area contributed by atoms with E-state index in [0.29, 0.717) is 6.04 Å². The summed E-state index contributed by atoms with van der Waals surface area (Å²) in [5, 5.41) is 0. The standard InChI is InChI=1S/C12H20N4/c13-8-11(15)12-2-1-7-16(12)10-5-3-9(14)4-6-10/h3-6,11-12H,1-2,7-8,13-15H2/p+1. The Morgan fingerprint density at radius 2 is 2.06 bits per heavy atom. The summed E-state index contributed by atoms with van der Waals surface area (Å²) in [5.74, 6) is 0. The molecule has 1 fully saturated rings. The minimum atomic E-state index is 0.167. The Bertz CT molecular complexity index is 335. The van der Waals surface area contributed by atoms with Crippen molar-refractivity contribution in [3.05, 3.63) is 24.3 Å². The molecule has 1 saturated heterocycles. The van der Waals surface area contributed by atoms with Crippen LogP contribution >= 0.6 is 0 Å². The lowest BCUT2D eigenvalue weighted by molar-refractivity contribution is -0.372. The smallest absolute Gasteiger partial charge is 0.0914 e. The predicted molar refractivity (Wildman–Crippen MR) is 67.0 cm³/mol. The largest absolute Gasteiger partial charge is 0.399 e. The molecule has 0 saturated carbocycles.